The minimum absolute atomic E-state index is 0.152. The highest BCUT2D eigenvalue weighted by atomic mass is 16.2. The predicted molar refractivity (Wildman–Crippen MR) is 114 cm³/mol. The third-order valence-electron chi connectivity index (χ3n) is 5.81. The molecule has 146 valence electrons. The predicted octanol–water partition coefficient (Wildman–Crippen LogP) is 4.72. The molecule has 0 saturated carbocycles. The topological polar surface area (TPSA) is 38.1 Å². The highest BCUT2D eigenvalue weighted by Gasteiger charge is 2.33. The zero-order chi connectivity index (χ0) is 19.9. The first kappa shape index (κ1) is 18.7. The maximum absolute atomic E-state index is 12.3. The lowest BCUT2D eigenvalue weighted by molar-refractivity contribution is -0.127. The highest BCUT2D eigenvalue weighted by molar-refractivity contribution is 5.81. The fourth-order valence-corrected chi connectivity index (χ4v) is 4.12. The quantitative estimate of drug-likeness (QED) is 0.662. The zero-order valence-electron chi connectivity index (χ0n) is 17.3. The molecule has 28 heavy (non-hydrogen) atoms. The smallest absolute Gasteiger partial charge is 0.223 e. The van der Waals surface area contributed by atoms with Crippen LogP contribution in [0.5, 0.6) is 0 Å². The maximum Gasteiger partial charge on any atom is 0.223 e. The summed E-state index contributed by atoms with van der Waals surface area (Å²) in [6.45, 7) is 11.1. The van der Waals surface area contributed by atoms with Gasteiger partial charge in [-0.1, -0.05) is 57.2 Å². The molecule has 1 saturated heterocycles. The van der Waals surface area contributed by atoms with Gasteiger partial charge in [0.15, 0.2) is 0 Å². The van der Waals surface area contributed by atoms with Crippen molar-refractivity contribution in [1.82, 2.24) is 14.5 Å². The lowest BCUT2D eigenvalue weighted by Gasteiger charge is -2.20. The summed E-state index contributed by atoms with van der Waals surface area (Å²) in [5.74, 6) is 1.43. The number of carbonyl (C=O) groups is 1. The van der Waals surface area contributed by atoms with E-state index in [4.69, 9.17) is 4.98 Å². The molecule has 3 aromatic rings. The van der Waals surface area contributed by atoms with Gasteiger partial charge in [0.05, 0.1) is 11.0 Å². The second kappa shape index (κ2) is 7.08. The van der Waals surface area contributed by atoms with E-state index in [2.05, 4.69) is 67.8 Å². The van der Waals surface area contributed by atoms with Crippen molar-refractivity contribution < 1.29 is 4.79 Å². The molecule has 0 spiro atoms. The van der Waals surface area contributed by atoms with Crippen molar-refractivity contribution in [2.24, 2.45) is 0 Å². The van der Waals surface area contributed by atoms with Crippen molar-refractivity contribution in [3.8, 4) is 0 Å². The number of hydrogen-bond donors (Lipinski definition) is 0. The minimum atomic E-state index is 0.152. The van der Waals surface area contributed by atoms with Crippen LogP contribution in [0.3, 0.4) is 0 Å². The monoisotopic (exact) mass is 375 g/mol. The Labute approximate surface area is 167 Å². The Balaban J connectivity index is 1.71. The molecule has 2 heterocycles. The molecule has 0 bridgehead atoms. The molecule has 1 amide bonds. The molecule has 0 aliphatic carbocycles. The molecule has 4 nitrogen and oxygen atoms in total. The first-order valence-corrected chi connectivity index (χ1v) is 10.2. The van der Waals surface area contributed by atoms with Crippen LogP contribution in [-0.4, -0.2) is 33.4 Å². The summed E-state index contributed by atoms with van der Waals surface area (Å²) in [6, 6.07) is 17.2. The number of likely N-dealkylation sites (N-methyl/N-ethyl adjacent to an activating group) is 1. The van der Waals surface area contributed by atoms with Crippen molar-refractivity contribution in [2.45, 2.75) is 52.0 Å². The number of fused-ring (bicyclic) bond motifs is 1. The number of carbonyl (C=O) groups excluding carboxylic acids is 1. The van der Waals surface area contributed by atoms with Gasteiger partial charge in [-0.15, -0.1) is 0 Å². The SMILES string of the molecule is CCN1CC(c2nc3ccccc3n2Cc2ccc(C(C)(C)C)cc2)CC1=O. The molecule has 0 N–H and O–H groups in total. The van der Waals surface area contributed by atoms with Crippen LogP contribution >= 0.6 is 0 Å². The van der Waals surface area contributed by atoms with E-state index in [0.717, 1.165) is 36.5 Å². The zero-order valence-corrected chi connectivity index (χ0v) is 17.3. The molecule has 1 aromatic heterocycles. The van der Waals surface area contributed by atoms with E-state index < -0.39 is 0 Å². The average molecular weight is 376 g/mol. The number of benzene rings is 2. The van der Waals surface area contributed by atoms with Gasteiger partial charge >= 0.3 is 0 Å². The molecule has 1 aliphatic rings. The average Bonchev–Trinajstić information content (AvgIpc) is 3.22. The van der Waals surface area contributed by atoms with Gasteiger partial charge in [-0.2, -0.15) is 0 Å². The van der Waals surface area contributed by atoms with E-state index in [9.17, 15) is 4.79 Å². The molecule has 4 heteroatoms. The number of para-hydroxylation sites is 2. The molecular weight excluding hydrogens is 346 g/mol. The molecule has 4 rings (SSSR count). The van der Waals surface area contributed by atoms with Gasteiger partial charge in [-0.3, -0.25) is 4.79 Å². The van der Waals surface area contributed by atoms with E-state index in [1.165, 1.54) is 11.1 Å². The summed E-state index contributed by atoms with van der Waals surface area (Å²) in [5, 5.41) is 0. The summed E-state index contributed by atoms with van der Waals surface area (Å²) in [6.07, 6.45) is 0.556. The Morgan fingerprint density at radius 1 is 1.07 bits per heavy atom. The Kier molecular flexibility index (Phi) is 4.74. The van der Waals surface area contributed by atoms with E-state index >= 15 is 0 Å². The van der Waals surface area contributed by atoms with Gasteiger partial charge in [0.1, 0.15) is 5.82 Å². The first-order valence-electron chi connectivity index (χ1n) is 10.2. The number of nitrogens with zero attached hydrogens (tertiary/aromatic N) is 3. The van der Waals surface area contributed by atoms with Gasteiger partial charge in [0.2, 0.25) is 5.91 Å². The molecular formula is C24H29N3O. The Hall–Kier alpha value is -2.62. The third-order valence-corrected chi connectivity index (χ3v) is 5.81. The van der Waals surface area contributed by atoms with Crippen molar-refractivity contribution in [1.29, 1.82) is 0 Å². The second-order valence-corrected chi connectivity index (χ2v) is 8.83. The van der Waals surface area contributed by atoms with E-state index in [0.29, 0.717) is 6.42 Å². The number of amides is 1. The Morgan fingerprint density at radius 3 is 2.43 bits per heavy atom. The van der Waals surface area contributed by atoms with Crippen LogP contribution in [0.4, 0.5) is 0 Å². The van der Waals surface area contributed by atoms with Gasteiger partial charge < -0.3 is 9.47 Å². The molecule has 1 aliphatic heterocycles. The number of likely N-dealkylation sites (tertiary alicyclic amines) is 1. The van der Waals surface area contributed by atoms with Crippen LogP contribution in [-0.2, 0) is 16.8 Å². The lowest BCUT2D eigenvalue weighted by atomic mass is 9.87. The summed E-state index contributed by atoms with van der Waals surface area (Å²) in [7, 11) is 0. The van der Waals surface area contributed by atoms with Crippen LogP contribution in [0.15, 0.2) is 48.5 Å². The number of imidazole rings is 1. The number of rotatable bonds is 4. The number of hydrogen-bond acceptors (Lipinski definition) is 2. The second-order valence-electron chi connectivity index (χ2n) is 8.83. The molecule has 1 atom stereocenters. The maximum atomic E-state index is 12.3. The van der Waals surface area contributed by atoms with Crippen LogP contribution in [0, 0.1) is 0 Å². The fraction of sp³-hybridized carbons (Fsp3) is 0.417. The first-order chi connectivity index (χ1) is 13.4. The third kappa shape index (κ3) is 3.44. The standard InChI is InChI=1S/C24H29N3O/c1-5-26-16-18(14-22(26)28)23-25-20-8-6-7-9-21(20)27(23)15-17-10-12-19(13-11-17)24(2,3)4/h6-13,18H,5,14-16H2,1-4H3. The molecule has 0 radical (unpaired) electrons. The molecule has 1 fully saturated rings. The summed E-state index contributed by atoms with van der Waals surface area (Å²) in [5.41, 5.74) is 4.89. The van der Waals surface area contributed by atoms with Crippen molar-refractivity contribution >= 4 is 16.9 Å². The largest absolute Gasteiger partial charge is 0.342 e. The summed E-state index contributed by atoms with van der Waals surface area (Å²) < 4.78 is 2.30. The van der Waals surface area contributed by atoms with Crippen molar-refractivity contribution in [3.05, 3.63) is 65.5 Å². The van der Waals surface area contributed by atoms with Crippen LogP contribution < -0.4 is 0 Å². The molecule has 1 unspecified atom stereocenters. The molecule has 2 aromatic carbocycles. The summed E-state index contributed by atoms with van der Waals surface area (Å²) >= 11 is 0. The van der Waals surface area contributed by atoms with Crippen molar-refractivity contribution in [3.63, 3.8) is 0 Å². The van der Waals surface area contributed by atoms with Crippen molar-refractivity contribution in [2.75, 3.05) is 13.1 Å². The fourth-order valence-electron chi connectivity index (χ4n) is 4.12. The number of aromatic nitrogens is 2. The highest BCUT2D eigenvalue weighted by Crippen LogP contribution is 2.31. The normalized spacial score (nSPS) is 17.6. The van der Waals surface area contributed by atoms with Gasteiger partial charge in [0, 0.05) is 32.0 Å². The van der Waals surface area contributed by atoms with E-state index in [-0.39, 0.29) is 17.2 Å². The lowest BCUT2D eigenvalue weighted by Crippen LogP contribution is -2.24. The van der Waals surface area contributed by atoms with Gasteiger partial charge in [0.25, 0.3) is 0 Å². The van der Waals surface area contributed by atoms with Gasteiger partial charge in [-0.05, 0) is 35.6 Å². The minimum Gasteiger partial charge on any atom is -0.342 e. The Morgan fingerprint density at radius 2 is 1.79 bits per heavy atom. The summed E-state index contributed by atoms with van der Waals surface area (Å²) in [4.78, 5) is 19.2. The van der Waals surface area contributed by atoms with Crippen LogP contribution in [0.1, 0.15) is 57.0 Å². The van der Waals surface area contributed by atoms with Gasteiger partial charge in [-0.25, -0.2) is 4.98 Å². The van der Waals surface area contributed by atoms with E-state index in [1.54, 1.807) is 0 Å². The van der Waals surface area contributed by atoms with E-state index in [1.807, 2.05) is 17.9 Å². The van der Waals surface area contributed by atoms with Crippen LogP contribution in [0.2, 0.25) is 0 Å². The van der Waals surface area contributed by atoms with Crippen LogP contribution in [0.25, 0.3) is 11.0 Å². The Bertz CT molecular complexity index is 995.